The second kappa shape index (κ2) is 6.20. The summed E-state index contributed by atoms with van der Waals surface area (Å²) < 4.78 is 3.34. The Morgan fingerprint density at radius 2 is 2.17 bits per heavy atom. The summed E-state index contributed by atoms with van der Waals surface area (Å²) in [7, 11) is 0. The Kier molecular flexibility index (Phi) is 4.84. The highest BCUT2D eigenvalue weighted by Crippen LogP contribution is 2.32. The molecule has 0 saturated heterocycles. The van der Waals surface area contributed by atoms with Gasteiger partial charge in [-0.2, -0.15) is 5.10 Å². The average Bonchev–Trinajstić information content (AvgIpc) is 2.55. The summed E-state index contributed by atoms with van der Waals surface area (Å²) in [6, 6.07) is 0.612. The molecule has 18 heavy (non-hydrogen) atoms. The van der Waals surface area contributed by atoms with E-state index in [2.05, 4.69) is 51.8 Å². The molecule has 1 heterocycles. The van der Waals surface area contributed by atoms with Gasteiger partial charge in [0.1, 0.15) is 0 Å². The minimum Gasteiger partial charge on any atom is -0.314 e. The van der Waals surface area contributed by atoms with Crippen molar-refractivity contribution in [2.24, 2.45) is 5.92 Å². The van der Waals surface area contributed by atoms with Gasteiger partial charge in [0.05, 0.1) is 15.9 Å². The van der Waals surface area contributed by atoms with Crippen molar-refractivity contribution < 1.29 is 0 Å². The van der Waals surface area contributed by atoms with E-state index < -0.39 is 0 Å². The maximum absolute atomic E-state index is 4.59. The van der Waals surface area contributed by atoms with Crippen molar-refractivity contribution >= 4 is 15.9 Å². The molecular weight excluding hydrogens is 290 g/mol. The first-order valence-electron chi connectivity index (χ1n) is 7.12. The fourth-order valence-corrected chi connectivity index (χ4v) is 3.23. The summed E-state index contributed by atoms with van der Waals surface area (Å²) in [5, 5.41) is 8.25. The van der Waals surface area contributed by atoms with Crippen LogP contribution in [-0.4, -0.2) is 22.4 Å². The highest BCUT2D eigenvalue weighted by atomic mass is 79.9. The third-order valence-electron chi connectivity index (χ3n) is 4.05. The topological polar surface area (TPSA) is 29.9 Å². The van der Waals surface area contributed by atoms with Gasteiger partial charge in [-0.05, 0) is 55.1 Å². The zero-order valence-electron chi connectivity index (χ0n) is 11.7. The van der Waals surface area contributed by atoms with E-state index in [1.54, 1.807) is 0 Å². The van der Waals surface area contributed by atoms with E-state index in [9.17, 15) is 0 Å². The molecule has 1 fully saturated rings. The number of aryl methyl sites for hydroxylation is 2. The maximum atomic E-state index is 4.59. The van der Waals surface area contributed by atoms with E-state index in [0.29, 0.717) is 6.04 Å². The van der Waals surface area contributed by atoms with E-state index in [0.717, 1.165) is 31.1 Å². The van der Waals surface area contributed by atoms with E-state index in [1.165, 1.54) is 29.4 Å². The van der Waals surface area contributed by atoms with Crippen molar-refractivity contribution in [3.63, 3.8) is 0 Å². The minimum absolute atomic E-state index is 0.612. The van der Waals surface area contributed by atoms with Gasteiger partial charge in [-0.3, -0.25) is 4.68 Å². The predicted octanol–water partition coefficient (Wildman–Crippen LogP) is 3.29. The highest BCUT2D eigenvalue weighted by Gasteiger charge is 2.28. The third-order valence-corrected chi connectivity index (χ3v) is 5.08. The molecule has 102 valence electrons. The molecule has 1 aromatic rings. The van der Waals surface area contributed by atoms with Crippen LogP contribution in [0.4, 0.5) is 0 Å². The molecule has 1 atom stereocenters. The molecule has 0 bridgehead atoms. The van der Waals surface area contributed by atoms with E-state index >= 15 is 0 Å². The van der Waals surface area contributed by atoms with Crippen molar-refractivity contribution in [2.45, 2.75) is 59.0 Å². The number of nitrogens with one attached hydrogen (secondary N) is 1. The number of aromatic nitrogens is 2. The third kappa shape index (κ3) is 2.80. The van der Waals surface area contributed by atoms with E-state index in [1.807, 2.05) is 0 Å². The lowest BCUT2D eigenvalue weighted by Crippen LogP contribution is -2.41. The SMILES string of the molecule is CCNC(Cc1c(Br)c(C)nn1CC)C1CCC1. The van der Waals surface area contributed by atoms with Crippen LogP contribution in [0.25, 0.3) is 0 Å². The Bertz CT molecular complexity index is 396. The van der Waals surface area contributed by atoms with Gasteiger partial charge < -0.3 is 5.32 Å². The lowest BCUT2D eigenvalue weighted by molar-refractivity contribution is 0.227. The van der Waals surface area contributed by atoms with Crippen LogP contribution in [0.5, 0.6) is 0 Å². The van der Waals surface area contributed by atoms with Crippen LogP contribution in [-0.2, 0) is 13.0 Å². The molecule has 0 spiro atoms. The molecule has 1 aliphatic carbocycles. The zero-order valence-corrected chi connectivity index (χ0v) is 13.3. The monoisotopic (exact) mass is 313 g/mol. The van der Waals surface area contributed by atoms with Crippen LogP contribution >= 0.6 is 15.9 Å². The number of nitrogens with zero attached hydrogens (tertiary/aromatic N) is 2. The van der Waals surface area contributed by atoms with Gasteiger partial charge >= 0.3 is 0 Å². The highest BCUT2D eigenvalue weighted by molar-refractivity contribution is 9.10. The van der Waals surface area contributed by atoms with Gasteiger partial charge in [0.15, 0.2) is 0 Å². The molecule has 0 amide bonds. The minimum atomic E-state index is 0.612. The number of halogens is 1. The Hall–Kier alpha value is -0.350. The van der Waals surface area contributed by atoms with Gasteiger partial charge in [-0.1, -0.05) is 13.3 Å². The maximum Gasteiger partial charge on any atom is 0.0738 e. The molecule has 0 radical (unpaired) electrons. The van der Waals surface area contributed by atoms with Crippen LogP contribution in [0, 0.1) is 12.8 Å². The van der Waals surface area contributed by atoms with Gasteiger partial charge in [0, 0.05) is 19.0 Å². The largest absolute Gasteiger partial charge is 0.314 e. The molecule has 4 heteroatoms. The molecular formula is C14H24BrN3. The van der Waals surface area contributed by atoms with Gasteiger partial charge in [0.25, 0.3) is 0 Å². The summed E-state index contributed by atoms with van der Waals surface area (Å²) in [6.45, 7) is 8.44. The molecule has 1 saturated carbocycles. The van der Waals surface area contributed by atoms with Crippen LogP contribution in [0.2, 0.25) is 0 Å². The Balaban J connectivity index is 2.14. The summed E-state index contributed by atoms with van der Waals surface area (Å²) >= 11 is 3.70. The summed E-state index contributed by atoms with van der Waals surface area (Å²) in [5.41, 5.74) is 2.46. The van der Waals surface area contributed by atoms with E-state index in [-0.39, 0.29) is 0 Å². The first kappa shape index (κ1) is 14.1. The van der Waals surface area contributed by atoms with Gasteiger partial charge in [-0.25, -0.2) is 0 Å². The molecule has 0 aromatic carbocycles. The number of hydrogen-bond donors (Lipinski definition) is 1. The Morgan fingerprint density at radius 3 is 2.67 bits per heavy atom. The normalized spacial score (nSPS) is 17.8. The lowest BCUT2D eigenvalue weighted by atomic mass is 9.78. The molecule has 3 nitrogen and oxygen atoms in total. The lowest BCUT2D eigenvalue weighted by Gasteiger charge is -2.34. The number of likely N-dealkylation sites (N-methyl/N-ethyl adjacent to an activating group) is 1. The van der Waals surface area contributed by atoms with Crippen molar-refractivity contribution in [3.05, 3.63) is 15.9 Å². The molecule has 1 unspecified atom stereocenters. The van der Waals surface area contributed by atoms with Crippen molar-refractivity contribution in [1.29, 1.82) is 0 Å². The number of rotatable bonds is 6. The standard InChI is InChI=1S/C14H24BrN3/c1-4-16-12(11-7-6-8-11)9-13-14(15)10(3)17-18(13)5-2/h11-12,16H,4-9H2,1-3H3. The Morgan fingerprint density at radius 1 is 1.44 bits per heavy atom. The molecule has 2 rings (SSSR count). The van der Waals surface area contributed by atoms with Crippen LogP contribution in [0.3, 0.4) is 0 Å². The van der Waals surface area contributed by atoms with Crippen molar-refractivity contribution in [3.8, 4) is 0 Å². The second-order valence-corrected chi connectivity index (χ2v) is 6.01. The van der Waals surface area contributed by atoms with Crippen LogP contribution in [0.1, 0.15) is 44.5 Å². The fraction of sp³-hybridized carbons (Fsp3) is 0.786. The molecule has 1 aliphatic rings. The summed E-state index contributed by atoms with van der Waals surface area (Å²) in [6.07, 6.45) is 5.26. The average molecular weight is 314 g/mol. The predicted molar refractivity (Wildman–Crippen MR) is 78.8 cm³/mol. The van der Waals surface area contributed by atoms with Crippen LogP contribution in [0.15, 0.2) is 4.47 Å². The Labute approximate surface area is 118 Å². The second-order valence-electron chi connectivity index (χ2n) is 5.22. The quantitative estimate of drug-likeness (QED) is 0.873. The van der Waals surface area contributed by atoms with Gasteiger partial charge in [-0.15, -0.1) is 0 Å². The zero-order chi connectivity index (χ0) is 13.1. The molecule has 0 aliphatic heterocycles. The smallest absolute Gasteiger partial charge is 0.0738 e. The molecule has 1 N–H and O–H groups in total. The first-order valence-corrected chi connectivity index (χ1v) is 7.91. The molecule has 1 aromatic heterocycles. The van der Waals surface area contributed by atoms with E-state index in [4.69, 9.17) is 0 Å². The number of hydrogen-bond acceptors (Lipinski definition) is 2. The first-order chi connectivity index (χ1) is 8.67. The fourth-order valence-electron chi connectivity index (χ4n) is 2.78. The van der Waals surface area contributed by atoms with Crippen LogP contribution < -0.4 is 5.32 Å². The van der Waals surface area contributed by atoms with Gasteiger partial charge in [0.2, 0.25) is 0 Å². The van der Waals surface area contributed by atoms with Crippen molar-refractivity contribution in [2.75, 3.05) is 6.54 Å². The van der Waals surface area contributed by atoms with Crippen molar-refractivity contribution in [1.82, 2.24) is 15.1 Å². The summed E-state index contributed by atoms with van der Waals surface area (Å²) in [5.74, 6) is 0.859. The summed E-state index contributed by atoms with van der Waals surface area (Å²) in [4.78, 5) is 0.